The third kappa shape index (κ3) is 3.98. The van der Waals surface area contributed by atoms with Crippen LogP contribution in [0.4, 0.5) is 13.2 Å². The third-order valence-corrected chi connectivity index (χ3v) is 5.81. The Labute approximate surface area is 154 Å². The van der Waals surface area contributed by atoms with Gasteiger partial charge in [-0.2, -0.15) is 17.9 Å². The molecule has 1 amide bonds. The van der Waals surface area contributed by atoms with E-state index in [1.54, 1.807) is 37.3 Å². The molecule has 1 heterocycles. The molecule has 0 spiro atoms. The fourth-order valence-corrected chi connectivity index (χ4v) is 4.19. The maximum Gasteiger partial charge on any atom is 0.471 e. The smallest absolute Gasteiger partial charge is 0.314 e. The van der Waals surface area contributed by atoms with E-state index in [2.05, 4.69) is 4.72 Å². The highest BCUT2D eigenvalue weighted by molar-refractivity contribution is 7.89. The van der Waals surface area contributed by atoms with Crippen molar-refractivity contribution in [2.24, 2.45) is 0 Å². The molecular formula is C18H17F3N2O3S. The van der Waals surface area contributed by atoms with E-state index in [9.17, 15) is 26.4 Å². The van der Waals surface area contributed by atoms with Crippen LogP contribution >= 0.6 is 0 Å². The Morgan fingerprint density at radius 1 is 1.11 bits per heavy atom. The van der Waals surface area contributed by atoms with E-state index >= 15 is 0 Å². The zero-order valence-corrected chi connectivity index (χ0v) is 15.1. The normalized spacial score (nSPS) is 17.5. The van der Waals surface area contributed by atoms with E-state index in [1.807, 2.05) is 0 Å². The van der Waals surface area contributed by atoms with E-state index in [1.165, 1.54) is 18.2 Å². The molecule has 3 rings (SSSR count). The highest BCUT2D eigenvalue weighted by atomic mass is 32.2. The van der Waals surface area contributed by atoms with Gasteiger partial charge in [0.05, 0.1) is 4.90 Å². The SMILES string of the molecule is Cc1ccc(S(=O)(=O)NC2c3ccccc3CCN2C(=O)C(F)(F)F)cc1. The minimum absolute atomic E-state index is 0.0874. The lowest BCUT2D eigenvalue weighted by molar-refractivity contribution is -0.188. The van der Waals surface area contributed by atoms with Crippen LogP contribution in [-0.4, -0.2) is 31.9 Å². The highest BCUT2D eigenvalue weighted by Crippen LogP contribution is 2.32. The molecule has 9 heteroatoms. The van der Waals surface area contributed by atoms with Crippen LogP contribution in [0, 0.1) is 6.92 Å². The number of hydrogen-bond donors (Lipinski definition) is 1. The van der Waals surface area contributed by atoms with Crippen LogP contribution in [0.15, 0.2) is 53.4 Å². The van der Waals surface area contributed by atoms with Crippen LogP contribution in [0.3, 0.4) is 0 Å². The first-order valence-electron chi connectivity index (χ1n) is 8.14. The van der Waals surface area contributed by atoms with Crippen LogP contribution in [0.5, 0.6) is 0 Å². The minimum Gasteiger partial charge on any atom is -0.314 e. The Hall–Kier alpha value is -2.39. The van der Waals surface area contributed by atoms with Gasteiger partial charge in [-0.15, -0.1) is 0 Å². The Morgan fingerprint density at radius 3 is 2.37 bits per heavy atom. The van der Waals surface area contributed by atoms with Crippen molar-refractivity contribution in [1.82, 2.24) is 9.62 Å². The van der Waals surface area contributed by atoms with Gasteiger partial charge in [0.1, 0.15) is 6.17 Å². The van der Waals surface area contributed by atoms with Gasteiger partial charge in [-0.25, -0.2) is 8.42 Å². The lowest BCUT2D eigenvalue weighted by Crippen LogP contribution is -2.52. The summed E-state index contributed by atoms with van der Waals surface area (Å²) in [5, 5.41) is 0. The number of rotatable bonds is 3. The van der Waals surface area contributed by atoms with Gasteiger partial charge in [-0.05, 0) is 36.6 Å². The van der Waals surface area contributed by atoms with E-state index < -0.39 is 28.3 Å². The number of nitrogens with zero attached hydrogens (tertiary/aromatic N) is 1. The average molecular weight is 398 g/mol. The van der Waals surface area contributed by atoms with E-state index in [-0.39, 0.29) is 17.9 Å². The highest BCUT2D eigenvalue weighted by Gasteiger charge is 2.47. The van der Waals surface area contributed by atoms with Crippen molar-refractivity contribution in [1.29, 1.82) is 0 Å². The third-order valence-electron chi connectivity index (χ3n) is 4.38. The summed E-state index contributed by atoms with van der Waals surface area (Å²) in [5.41, 5.74) is 1.86. The summed E-state index contributed by atoms with van der Waals surface area (Å²) in [4.78, 5) is 12.3. The quantitative estimate of drug-likeness (QED) is 0.865. The molecule has 2 aromatic rings. The first-order valence-corrected chi connectivity index (χ1v) is 9.62. The summed E-state index contributed by atoms with van der Waals surface area (Å²) < 4.78 is 66.7. The van der Waals surface area contributed by atoms with Crippen LogP contribution in [-0.2, 0) is 21.2 Å². The summed E-state index contributed by atoms with van der Waals surface area (Å²) in [6.07, 6.45) is -6.32. The molecule has 1 atom stereocenters. The predicted molar refractivity (Wildman–Crippen MR) is 92.2 cm³/mol. The summed E-state index contributed by atoms with van der Waals surface area (Å²) in [5.74, 6) is -2.08. The minimum atomic E-state index is -5.10. The number of amides is 1. The molecule has 0 bridgehead atoms. The number of carbonyl (C=O) groups is 1. The lowest BCUT2D eigenvalue weighted by Gasteiger charge is -2.37. The molecule has 5 nitrogen and oxygen atoms in total. The van der Waals surface area contributed by atoms with E-state index in [0.29, 0.717) is 16.0 Å². The van der Waals surface area contributed by atoms with Gasteiger partial charge in [-0.1, -0.05) is 42.0 Å². The predicted octanol–water partition coefficient (Wildman–Crippen LogP) is 2.92. The fourth-order valence-electron chi connectivity index (χ4n) is 3.01. The molecular weight excluding hydrogens is 381 g/mol. The Kier molecular flexibility index (Phi) is 5.00. The number of nitrogens with one attached hydrogen (secondary N) is 1. The van der Waals surface area contributed by atoms with Crippen LogP contribution < -0.4 is 4.72 Å². The van der Waals surface area contributed by atoms with Crippen LogP contribution in [0.2, 0.25) is 0 Å². The van der Waals surface area contributed by atoms with Crippen molar-refractivity contribution in [3.05, 3.63) is 65.2 Å². The van der Waals surface area contributed by atoms with Gasteiger partial charge in [0, 0.05) is 6.54 Å². The standard InChI is InChI=1S/C18H17F3N2O3S/c1-12-6-8-14(9-7-12)27(25,26)22-16-15-5-3-2-4-13(15)10-11-23(16)17(24)18(19,20)21/h2-9,16,22H,10-11H2,1H3. The summed E-state index contributed by atoms with van der Waals surface area (Å²) >= 11 is 0. The van der Waals surface area contributed by atoms with Gasteiger partial charge in [-0.3, -0.25) is 4.79 Å². The Bertz CT molecular complexity index is 957. The first-order chi connectivity index (χ1) is 12.6. The molecule has 0 aromatic heterocycles. The van der Waals surface area contributed by atoms with E-state index in [0.717, 1.165) is 5.56 Å². The summed E-state index contributed by atoms with van der Waals surface area (Å²) in [6.45, 7) is 1.54. The number of carbonyl (C=O) groups excluding carboxylic acids is 1. The van der Waals surface area contributed by atoms with Crippen LogP contribution in [0.1, 0.15) is 22.9 Å². The fraction of sp³-hybridized carbons (Fsp3) is 0.278. The van der Waals surface area contributed by atoms with Crippen molar-refractivity contribution < 1.29 is 26.4 Å². The summed E-state index contributed by atoms with van der Waals surface area (Å²) in [6, 6.07) is 12.4. The maximum absolute atomic E-state index is 13.0. The molecule has 1 aliphatic rings. The molecule has 2 aromatic carbocycles. The molecule has 0 fully saturated rings. The molecule has 1 aliphatic heterocycles. The monoisotopic (exact) mass is 398 g/mol. The van der Waals surface area contributed by atoms with Crippen molar-refractivity contribution >= 4 is 15.9 Å². The number of sulfonamides is 1. The topological polar surface area (TPSA) is 66.5 Å². The van der Waals surface area contributed by atoms with Gasteiger partial charge >= 0.3 is 12.1 Å². The number of alkyl halides is 3. The number of benzene rings is 2. The number of hydrogen-bond acceptors (Lipinski definition) is 3. The molecule has 27 heavy (non-hydrogen) atoms. The molecule has 144 valence electrons. The molecule has 1 N–H and O–H groups in total. The van der Waals surface area contributed by atoms with Crippen LogP contribution in [0.25, 0.3) is 0 Å². The lowest BCUT2D eigenvalue weighted by atomic mass is 9.97. The van der Waals surface area contributed by atoms with Crippen molar-refractivity contribution in [2.75, 3.05) is 6.54 Å². The molecule has 1 unspecified atom stereocenters. The largest absolute Gasteiger partial charge is 0.471 e. The average Bonchev–Trinajstić information content (AvgIpc) is 2.61. The van der Waals surface area contributed by atoms with Gasteiger partial charge in [0.25, 0.3) is 0 Å². The van der Waals surface area contributed by atoms with Crippen molar-refractivity contribution in [3.63, 3.8) is 0 Å². The number of aryl methyl sites for hydroxylation is 1. The Morgan fingerprint density at radius 2 is 1.74 bits per heavy atom. The van der Waals surface area contributed by atoms with Gasteiger partial charge < -0.3 is 4.90 Å². The maximum atomic E-state index is 13.0. The summed E-state index contributed by atoms with van der Waals surface area (Å²) in [7, 11) is -4.14. The molecule has 0 aliphatic carbocycles. The second-order valence-electron chi connectivity index (χ2n) is 6.28. The molecule has 0 saturated heterocycles. The van der Waals surface area contributed by atoms with Crippen molar-refractivity contribution in [3.8, 4) is 0 Å². The van der Waals surface area contributed by atoms with Crippen molar-refractivity contribution in [2.45, 2.75) is 30.6 Å². The number of halogens is 3. The second kappa shape index (κ2) is 6.97. The number of fused-ring (bicyclic) bond motifs is 1. The first kappa shape index (κ1) is 19.4. The Balaban J connectivity index is 2.02. The zero-order chi connectivity index (χ0) is 19.8. The molecule has 0 saturated carbocycles. The zero-order valence-electron chi connectivity index (χ0n) is 14.3. The van der Waals surface area contributed by atoms with Gasteiger partial charge in [0.2, 0.25) is 10.0 Å². The second-order valence-corrected chi connectivity index (χ2v) is 8.00. The van der Waals surface area contributed by atoms with Gasteiger partial charge in [0.15, 0.2) is 0 Å². The van der Waals surface area contributed by atoms with E-state index in [4.69, 9.17) is 0 Å². The molecule has 0 radical (unpaired) electrons.